The second kappa shape index (κ2) is 10.9. The average molecular weight is 419 g/mol. The van der Waals surface area contributed by atoms with E-state index in [2.05, 4.69) is 13.8 Å². The summed E-state index contributed by atoms with van der Waals surface area (Å²) in [5.74, 6) is 0.444. The third kappa shape index (κ3) is 5.09. The van der Waals surface area contributed by atoms with E-state index in [1.165, 1.54) is 109 Å². The van der Waals surface area contributed by atoms with Crippen molar-refractivity contribution in [3.63, 3.8) is 0 Å². The molecule has 3 aliphatic carbocycles. The number of unbranched alkanes of at least 4 members (excludes halogenated alkanes) is 5. The van der Waals surface area contributed by atoms with Crippen LogP contribution >= 0.6 is 0 Å². The van der Waals surface area contributed by atoms with Gasteiger partial charge in [0.1, 0.15) is 0 Å². The van der Waals surface area contributed by atoms with Crippen molar-refractivity contribution in [3.8, 4) is 0 Å². The third-order valence-electron chi connectivity index (χ3n) is 10.1. The maximum atomic E-state index is 12.8. The molecule has 0 aromatic rings. The second-order valence-electron chi connectivity index (χ2n) is 11.7. The lowest BCUT2D eigenvalue weighted by atomic mass is 9.47. The van der Waals surface area contributed by atoms with Crippen LogP contribution in [0.3, 0.4) is 0 Å². The lowest BCUT2D eigenvalue weighted by molar-refractivity contribution is -0.170. The van der Waals surface area contributed by atoms with E-state index in [0.717, 1.165) is 31.6 Å². The van der Waals surface area contributed by atoms with Crippen molar-refractivity contribution in [1.82, 2.24) is 0 Å². The van der Waals surface area contributed by atoms with E-state index in [-0.39, 0.29) is 5.41 Å². The van der Waals surface area contributed by atoms with Crippen LogP contribution in [-0.4, -0.2) is 11.1 Å². The molecule has 2 heteroatoms. The molecule has 3 fully saturated rings. The molecule has 0 amide bonds. The first-order valence-electron chi connectivity index (χ1n) is 13.7. The topological polar surface area (TPSA) is 37.3 Å². The second-order valence-corrected chi connectivity index (χ2v) is 11.7. The lowest BCUT2D eigenvalue weighted by Crippen LogP contribution is -2.52. The van der Waals surface area contributed by atoms with Crippen molar-refractivity contribution < 1.29 is 9.90 Å². The fraction of sp³-hybridized carbons (Fsp3) is 0.964. The number of aliphatic carboxylic acids is 1. The highest BCUT2D eigenvalue weighted by molar-refractivity contribution is 5.76. The molecule has 0 atom stereocenters. The van der Waals surface area contributed by atoms with Crippen molar-refractivity contribution in [3.05, 3.63) is 0 Å². The predicted molar refractivity (Wildman–Crippen MR) is 127 cm³/mol. The predicted octanol–water partition coefficient (Wildman–Crippen LogP) is 8.92. The van der Waals surface area contributed by atoms with Gasteiger partial charge in [-0.1, -0.05) is 90.9 Å². The molecule has 3 saturated carbocycles. The quantitative estimate of drug-likeness (QED) is 0.359. The SMILES string of the molecule is CCCCCCCCC1(C2(C(=O)O)CCCCC2)CCC(C)(C2CCCCC2)CC1. The maximum absolute atomic E-state index is 12.8. The number of carboxylic acids is 1. The summed E-state index contributed by atoms with van der Waals surface area (Å²) in [7, 11) is 0. The fourth-order valence-corrected chi connectivity index (χ4v) is 7.85. The van der Waals surface area contributed by atoms with Crippen molar-refractivity contribution in [1.29, 1.82) is 0 Å². The average Bonchev–Trinajstić information content (AvgIpc) is 2.78. The van der Waals surface area contributed by atoms with Gasteiger partial charge < -0.3 is 5.11 Å². The zero-order valence-electron chi connectivity index (χ0n) is 20.3. The number of carbonyl (C=O) groups is 1. The minimum Gasteiger partial charge on any atom is -0.481 e. The highest BCUT2D eigenvalue weighted by Crippen LogP contribution is 2.63. The Morgan fingerprint density at radius 1 is 0.767 bits per heavy atom. The Kier molecular flexibility index (Phi) is 8.73. The fourth-order valence-electron chi connectivity index (χ4n) is 7.85. The summed E-state index contributed by atoms with van der Waals surface area (Å²) in [5, 5.41) is 10.6. The first-order chi connectivity index (χ1) is 14.5. The highest BCUT2D eigenvalue weighted by atomic mass is 16.4. The molecular weight excluding hydrogens is 368 g/mol. The molecule has 174 valence electrons. The molecule has 0 heterocycles. The molecule has 0 bridgehead atoms. The molecule has 0 spiro atoms. The zero-order chi connectivity index (χ0) is 21.5. The van der Waals surface area contributed by atoms with E-state index in [9.17, 15) is 9.90 Å². The Hall–Kier alpha value is -0.530. The van der Waals surface area contributed by atoms with Crippen LogP contribution in [0.15, 0.2) is 0 Å². The minimum absolute atomic E-state index is 0.0676. The number of carboxylic acid groups (broad SMARTS) is 1. The number of hydrogen-bond acceptors (Lipinski definition) is 1. The van der Waals surface area contributed by atoms with E-state index in [0.29, 0.717) is 5.41 Å². The number of rotatable bonds is 10. The molecule has 0 unspecified atom stereocenters. The van der Waals surface area contributed by atoms with Gasteiger partial charge in [-0.15, -0.1) is 0 Å². The van der Waals surface area contributed by atoms with Crippen LogP contribution in [0.25, 0.3) is 0 Å². The molecule has 0 saturated heterocycles. The molecule has 0 aliphatic heterocycles. The Morgan fingerprint density at radius 2 is 1.33 bits per heavy atom. The largest absolute Gasteiger partial charge is 0.481 e. The van der Waals surface area contributed by atoms with Crippen LogP contribution in [0.1, 0.15) is 149 Å². The van der Waals surface area contributed by atoms with Crippen LogP contribution in [0.2, 0.25) is 0 Å². The summed E-state index contributed by atoms with van der Waals surface area (Å²) in [4.78, 5) is 12.8. The summed E-state index contributed by atoms with van der Waals surface area (Å²) in [5.41, 5.74) is 0.111. The van der Waals surface area contributed by atoms with E-state index in [4.69, 9.17) is 0 Å². The van der Waals surface area contributed by atoms with Crippen molar-refractivity contribution >= 4 is 5.97 Å². The molecule has 30 heavy (non-hydrogen) atoms. The molecule has 3 aliphatic rings. The van der Waals surface area contributed by atoms with E-state index in [1.807, 2.05) is 0 Å². The van der Waals surface area contributed by atoms with Crippen LogP contribution in [0.4, 0.5) is 0 Å². The van der Waals surface area contributed by atoms with Gasteiger partial charge in [-0.3, -0.25) is 4.79 Å². The summed E-state index contributed by atoms with van der Waals surface area (Å²) in [6, 6.07) is 0. The monoisotopic (exact) mass is 418 g/mol. The molecule has 0 radical (unpaired) electrons. The minimum atomic E-state index is -0.450. The summed E-state index contributed by atoms with van der Waals surface area (Å²) in [6.07, 6.45) is 26.5. The van der Waals surface area contributed by atoms with Crippen LogP contribution in [-0.2, 0) is 4.79 Å². The number of hydrogen-bond donors (Lipinski definition) is 1. The molecule has 0 aromatic heterocycles. The van der Waals surface area contributed by atoms with Crippen LogP contribution < -0.4 is 0 Å². The Balaban J connectivity index is 1.72. The van der Waals surface area contributed by atoms with Crippen LogP contribution in [0, 0.1) is 22.2 Å². The normalized spacial score (nSPS) is 32.7. The zero-order valence-corrected chi connectivity index (χ0v) is 20.3. The van der Waals surface area contributed by atoms with E-state index in [1.54, 1.807) is 0 Å². The van der Waals surface area contributed by atoms with Crippen molar-refractivity contribution in [2.75, 3.05) is 0 Å². The third-order valence-corrected chi connectivity index (χ3v) is 10.1. The summed E-state index contributed by atoms with van der Waals surface area (Å²) in [6.45, 7) is 4.84. The summed E-state index contributed by atoms with van der Waals surface area (Å²) < 4.78 is 0. The molecular formula is C28H50O2. The first kappa shape index (κ1) is 24.1. The Morgan fingerprint density at radius 3 is 1.93 bits per heavy atom. The summed E-state index contributed by atoms with van der Waals surface area (Å²) >= 11 is 0. The molecule has 2 nitrogen and oxygen atoms in total. The van der Waals surface area contributed by atoms with Gasteiger partial charge in [0.05, 0.1) is 5.41 Å². The molecule has 3 rings (SSSR count). The van der Waals surface area contributed by atoms with Gasteiger partial charge in [0, 0.05) is 0 Å². The van der Waals surface area contributed by atoms with Gasteiger partial charge in [-0.05, 0) is 74.5 Å². The molecule has 0 aromatic carbocycles. The van der Waals surface area contributed by atoms with Gasteiger partial charge in [0.25, 0.3) is 0 Å². The van der Waals surface area contributed by atoms with Gasteiger partial charge in [0.2, 0.25) is 0 Å². The van der Waals surface area contributed by atoms with Crippen LogP contribution in [0.5, 0.6) is 0 Å². The van der Waals surface area contributed by atoms with Gasteiger partial charge in [0.15, 0.2) is 0 Å². The Bertz CT molecular complexity index is 517. The standard InChI is InChI=1S/C28H50O2/c1-3-4-5-6-7-12-17-27(28(25(29)30)18-13-9-14-19-28)22-20-26(2,21-23-27)24-15-10-8-11-16-24/h24H,3-23H2,1-2H3,(H,29,30). The van der Waals surface area contributed by atoms with Crippen molar-refractivity contribution in [2.45, 2.75) is 149 Å². The molecule has 1 N–H and O–H groups in total. The Labute approximate surface area is 187 Å². The lowest BCUT2D eigenvalue weighted by Gasteiger charge is -2.57. The first-order valence-corrected chi connectivity index (χ1v) is 13.7. The van der Waals surface area contributed by atoms with Gasteiger partial charge >= 0.3 is 5.97 Å². The van der Waals surface area contributed by atoms with Gasteiger partial charge in [-0.2, -0.15) is 0 Å². The van der Waals surface area contributed by atoms with Crippen molar-refractivity contribution in [2.24, 2.45) is 22.2 Å². The van der Waals surface area contributed by atoms with E-state index >= 15 is 0 Å². The van der Waals surface area contributed by atoms with E-state index < -0.39 is 11.4 Å². The highest BCUT2D eigenvalue weighted by Gasteiger charge is 2.58. The maximum Gasteiger partial charge on any atom is 0.310 e. The smallest absolute Gasteiger partial charge is 0.310 e. The van der Waals surface area contributed by atoms with Gasteiger partial charge in [-0.25, -0.2) is 0 Å².